The number of aromatic carboxylic acids is 1. The first kappa shape index (κ1) is 12.9. The Morgan fingerprint density at radius 3 is 2.53 bits per heavy atom. The number of carboxylic acid groups (broad SMARTS) is 1. The van der Waals surface area contributed by atoms with Crippen LogP contribution < -0.4 is 5.73 Å². The lowest BCUT2D eigenvalue weighted by atomic mass is 10.2. The van der Waals surface area contributed by atoms with Crippen LogP contribution >= 0.6 is 0 Å². The van der Waals surface area contributed by atoms with Crippen molar-refractivity contribution in [2.24, 2.45) is 0 Å². The fraction of sp³-hybridized carbons (Fsp3) is 0.364. The molecule has 2 heterocycles. The maximum atomic E-state index is 10.9. The van der Waals surface area contributed by atoms with Gasteiger partial charge in [-0.25, -0.2) is 14.5 Å². The van der Waals surface area contributed by atoms with Crippen molar-refractivity contribution in [2.75, 3.05) is 5.73 Å². The first-order valence-corrected chi connectivity index (χ1v) is 5.88. The summed E-state index contributed by atoms with van der Waals surface area (Å²) in [6.45, 7) is 3.94. The average molecular weight is 262 g/mol. The first-order valence-electron chi connectivity index (χ1n) is 5.88. The van der Waals surface area contributed by atoms with Crippen molar-refractivity contribution >= 4 is 11.7 Å². The number of hydrogen-bond acceptors (Lipinski definition) is 6. The number of nitrogen functional groups attached to an aromatic ring is 1. The molecule has 8 nitrogen and oxygen atoms in total. The third kappa shape index (κ3) is 2.37. The summed E-state index contributed by atoms with van der Waals surface area (Å²) in [7, 11) is 0. The van der Waals surface area contributed by atoms with Gasteiger partial charge < -0.3 is 10.8 Å². The maximum Gasteiger partial charge on any atom is 0.358 e. The van der Waals surface area contributed by atoms with Crippen molar-refractivity contribution in [2.45, 2.75) is 26.7 Å². The molecule has 0 fully saturated rings. The highest BCUT2D eigenvalue weighted by molar-refractivity contribution is 5.91. The lowest BCUT2D eigenvalue weighted by molar-refractivity contribution is 0.0691. The van der Waals surface area contributed by atoms with Gasteiger partial charge in [0.25, 0.3) is 5.95 Å². The van der Waals surface area contributed by atoms with Crippen molar-refractivity contribution in [3.8, 4) is 5.95 Å². The predicted octanol–water partition coefficient (Wildman–Crippen LogP) is 0.462. The van der Waals surface area contributed by atoms with E-state index in [1.807, 2.05) is 13.8 Å². The lowest BCUT2D eigenvalue weighted by Crippen LogP contribution is -2.10. The van der Waals surface area contributed by atoms with E-state index < -0.39 is 5.97 Å². The van der Waals surface area contributed by atoms with Crippen molar-refractivity contribution in [3.05, 3.63) is 23.3 Å². The molecule has 0 atom stereocenters. The largest absolute Gasteiger partial charge is 0.476 e. The van der Waals surface area contributed by atoms with Gasteiger partial charge in [0, 0.05) is 0 Å². The number of rotatable bonds is 4. The van der Waals surface area contributed by atoms with Gasteiger partial charge >= 0.3 is 5.97 Å². The van der Waals surface area contributed by atoms with Crippen LogP contribution in [-0.4, -0.2) is 36.0 Å². The molecule has 0 bridgehead atoms. The summed E-state index contributed by atoms with van der Waals surface area (Å²) in [6, 6.07) is 0. The van der Waals surface area contributed by atoms with Crippen molar-refractivity contribution in [1.29, 1.82) is 0 Å². The van der Waals surface area contributed by atoms with Crippen LogP contribution in [0.25, 0.3) is 5.95 Å². The van der Waals surface area contributed by atoms with Crippen LogP contribution in [0.4, 0.5) is 5.69 Å². The Kier molecular flexibility index (Phi) is 3.41. The molecule has 0 aliphatic rings. The molecule has 19 heavy (non-hydrogen) atoms. The van der Waals surface area contributed by atoms with Crippen molar-refractivity contribution in [3.63, 3.8) is 0 Å². The molecule has 0 aliphatic heterocycles. The zero-order valence-corrected chi connectivity index (χ0v) is 10.7. The van der Waals surface area contributed by atoms with Gasteiger partial charge in [0.05, 0.1) is 23.3 Å². The Hall–Kier alpha value is -2.51. The van der Waals surface area contributed by atoms with E-state index in [4.69, 9.17) is 10.8 Å². The SMILES string of the molecule is CCc1nnc(-n2cc(N)c(C(=O)O)n2)nc1CC. The fourth-order valence-corrected chi connectivity index (χ4v) is 1.68. The molecule has 0 spiro atoms. The molecule has 0 radical (unpaired) electrons. The standard InChI is InChI=1S/C11H14N6O2/c1-3-7-8(4-2)14-15-11(13-7)17-5-6(12)9(16-17)10(18)19/h5H,3-4,12H2,1-2H3,(H,18,19). The number of aryl methyl sites for hydroxylation is 2. The van der Waals surface area contributed by atoms with Gasteiger partial charge in [-0.1, -0.05) is 13.8 Å². The lowest BCUT2D eigenvalue weighted by Gasteiger charge is -2.04. The van der Waals surface area contributed by atoms with Gasteiger partial charge in [-0.2, -0.15) is 5.10 Å². The number of anilines is 1. The van der Waals surface area contributed by atoms with Gasteiger partial charge in [0.2, 0.25) is 0 Å². The summed E-state index contributed by atoms with van der Waals surface area (Å²) in [5, 5.41) is 20.7. The molecule has 3 N–H and O–H groups in total. The Morgan fingerprint density at radius 2 is 2.00 bits per heavy atom. The number of nitrogens with zero attached hydrogens (tertiary/aromatic N) is 5. The molecule has 100 valence electrons. The summed E-state index contributed by atoms with van der Waals surface area (Å²) in [5.74, 6) is -0.974. The van der Waals surface area contributed by atoms with Gasteiger partial charge in [-0.3, -0.25) is 0 Å². The Labute approximate surface area is 109 Å². The van der Waals surface area contributed by atoms with Crippen LogP contribution in [0.1, 0.15) is 35.7 Å². The summed E-state index contributed by atoms with van der Waals surface area (Å²) in [6.07, 6.45) is 2.82. The van der Waals surface area contributed by atoms with Crippen LogP contribution in [0.15, 0.2) is 6.20 Å². The van der Waals surface area contributed by atoms with E-state index in [9.17, 15) is 4.79 Å². The van der Waals surface area contributed by atoms with Crippen LogP contribution in [0.2, 0.25) is 0 Å². The topological polar surface area (TPSA) is 120 Å². The molecular formula is C11H14N6O2. The van der Waals surface area contributed by atoms with Crippen molar-refractivity contribution in [1.82, 2.24) is 25.0 Å². The Morgan fingerprint density at radius 1 is 1.32 bits per heavy atom. The molecule has 0 saturated carbocycles. The maximum absolute atomic E-state index is 10.9. The second-order valence-electron chi connectivity index (χ2n) is 3.90. The quantitative estimate of drug-likeness (QED) is 0.821. The van der Waals surface area contributed by atoms with Gasteiger partial charge in [0.1, 0.15) is 0 Å². The highest BCUT2D eigenvalue weighted by Gasteiger charge is 2.16. The summed E-state index contributed by atoms with van der Waals surface area (Å²) >= 11 is 0. The first-order chi connectivity index (χ1) is 9.06. The zero-order chi connectivity index (χ0) is 14.0. The van der Waals surface area contributed by atoms with E-state index in [0.717, 1.165) is 17.8 Å². The van der Waals surface area contributed by atoms with Crippen molar-refractivity contribution < 1.29 is 9.90 Å². The molecular weight excluding hydrogens is 248 g/mol. The summed E-state index contributed by atoms with van der Waals surface area (Å²) in [5.41, 5.74) is 7.05. The third-order valence-corrected chi connectivity index (χ3v) is 2.65. The van der Waals surface area contributed by atoms with E-state index in [1.165, 1.54) is 10.9 Å². The highest BCUT2D eigenvalue weighted by atomic mass is 16.4. The van der Waals surface area contributed by atoms with Gasteiger partial charge in [-0.05, 0) is 12.8 Å². The van der Waals surface area contributed by atoms with E-state index in [-0.39, 0.29) is 17.3 Å². The monoisotopic (exact) mass is 262 g/mol. The van der Waals surface area contributed by atoms with E-state index >= 15 is 0 Å². The molecule has 2 rings (SSSR count). The Bertz CT molecular complexity index is 622. The number of nitrogens with two attached hydrogens (primary N) is 1. The van der Waals surface area contributed by atoms with Crippen LogP contribution in [0.3, 0.4) is 0 Å². The second kappa shape index (κ2) is 5.01. The minimum Gasteiger partial charge on any atom is -0.476 e. The van der Waals surface area contributed by atoms with Gasteiger partial charge in [0.15, 0.2) is 5.69 Å². The molecule has 0 aromatic carbocycles. The highest BCUT2D eigenvalue weighted by Crippen LogP contribution is 2.12. The minimum atomic E-state index is -1.19. The van der Waals surface area contributed by atoms with Gasteiger partial charge in [-0.15, -0.1) is 10.2 Å². The van der Waals surface area contributed by atoms with E-state index in [1.54, 1.807) is 0 Å². The smallest absolute Gasteiger partial charge is 0.358 e. The average Bonchev–Trinajstić information content (AvgIpc) is 2.80. The second-order valence-corrected chi connectivity index (χ2v) is 3.90. The molecule has 0 amide bonds. The minimum absolute atomic E-state index is 0.0636. The summed E-state index contributed by atoms with van der Waals surface area (Å²) < 4.78 is 1.23. The molecule has 0 unspecified atom stereocenters. The number of hydrogen-bond donors (Lipinski definition) is 2. The molecule has 0 aliphatic carbocycles. The number of aromatic nitrogens is 5. The van der Waals surface area contributed by atoms with E-state index in [0.29, 0.717) is 6.42 Å². The Balaban J connectivity index is 2.47. The predicted molar refractivity (Wildman–Crippen MR) is 67.1 cm³/mol. The van der Waals surface area contributed by atoms with E-state index in [2.05, 4.69) is 20.3 Å². The third-order valence-electron chi connectivity index (χ3n) is 2.65. The zero-order valence-electron chi connectivity index (χ0n) is 10.7. The van der Waals surface area contributed by atoms with Crippen LogP contribution in [-0.2, 0) is 12.8 Å². The molecule has 0 saturated heterocycles. The number of carboxylic acids is 1. The fourth-order valence-electron chi connectivity index (χ4n) is 1.68. The van der Waals surface area contributed by atoms with Crippen LogP contribution in [0, 0.1) is 0 Å². The normalized spacial score (nSPS) is 10.6. The van der Waals surface area contributed by atoms with Crippen LogP contribution in [0.5, 0.6) is 0 Å². The summed E-state index contributed by atoms with van der Waals surface area (Å²) in [4.78, 5) is 15.2. The number of carbonyl (C=O) groups is 1. The molecule has 2 aromatic rings. The molecule has 8 heteroatoms. The molecule has 2 aromatic heterocycles.